The molecule has 0 bridgehead atoms. The van der Waals surface area contributed by atoms with Gasteiger partial charge in [-0.05, 0) is 32.9 Å². The topological polar surface area (TPSA) is 77.3 Å². The van der Waals surface area contributed by atoms with E-state index >= 15 is 0 Å². The van der Waals surface area contributed by atoms with Crippen LogP contribution in [0.4, 0.5) is 16.2 Å². The zero-order valence-corrected chi connectivity index (χ0v) is 14.9. The Balaban J connectivity index is 2.00. The van der Waals surface area contributed by atoms with E-state index in [1.165, 1.54) is 0 Å². The number of ether oxygens (including phenoxy) is 3. The summed E-state index contributed by atoms with van der Waals surface area (Å²) in [7, 11) is 1.57. The van der Waals surface area contributed by atoms with Crippen LogP contribution in [0, 0.1) is 0 Å². The first kappa shape index (κ1) is 18.2. The second-order valence-corrected chi connectivity index (χ2v) is 6.73. The van der Waals surface area contributed by atoms with E-state index in [0.717, 1.165) is 5.69 Å². The molecule has 0 spiro atoms. The van der Waals surface area contributed by atoms with Gasteiger partial charge in [0.15, 0.2) is 6.79 Å². The molecule has 134 valence electrons. The van der Waals surface area contributed by atoms with Gasteiger partial charge >= 0.3 is 6.09 Å². The van der Waals surface area contributed by atoms with Crippen LogP contribution >= 0.6 is 0 Å². The van der Waals surface area contributed by atoms with Crippen molar-refractivity contribution in [2.75, 3.05) is 50.7 Å². The molecule has 1 aromatic carbocycles. The molecule has 0 aliphatic carbocycles. The number of carbonyl (C=O) groups excluding carboxylic acids is 1. The van der Waals surface area contributed by atoms with Gasteiger partial charge in [0.25, 0.3) is 0 Å². The quantitative estimate of drug-likeness (QED) is 0.671. The molecule has 24 heavy (non-hydrogen) atoms. The Hall–Kier alpha value is -2.15. The van der Waals surface area contributed by atoms with Crippen molar-refractivity contribution in [3.63, 3.8) is 0 Å². The summed E-state index contributed by atoms with van der Waals surface area (Å²) in [6.07, 6.45) is -0.268. The maximum Gasteiger partial charge on any atom is 0.410 e. The Kier molecular flexibility index (Phi) is 5.77. The normalized spacial score (nSPS) is 15.3. The molecule has 2 rings (SSSR count). The number of hydrogen-bond donors (Lipinski definition) is 1. The first-order valence-corrected chi connectivity index (χ1v) is 8.04. The predicted octanol–water partition coefficient (Wildman–Crippen LogP) is 2.31. The zero-order chi connectivity index (χ0) is 17.7. The van der Waals surface area contributed by atoms with Crippen LogP contribution in [0.5, 0.6) is 5.75 Å². The number of nitrogens with zero attached hydrogens (tertiary/aromatic N) is 2. The van der Waals surface area contributed by atoms with Gasteiger partial charge in [-0.3, -0.25) is 0 Å². The Bertz CT molecular complexity index is 563. The average Bonchev–Trinajstić information content (AvgIpc) is 2.51. The van der Waals surface area contributed by atoms with Crippen LogP contribution in [-0.4, -0.2) is 56.7 Å². The van der Waals surface area contributed by atoms with Crippen LogP contribution in [0.25, 0.3) is 0 Å². The summed E-state index contributed by atoms with van der Waals surface area (Å²) < 4.78 is 16.0. The van der Waals surface area contributed by atoms with Gasteiger partial charge in [0.2, 0.25) is 0 Å². The lowest BCUT2D eigenvalue weighted by Gasteiger charge is -2.37. The number of anilines is 2. The molecule has 1 heterocycles. The Morgan fingerprint density at radius 2 is 1.88 bits per heavy atom. The summed E-state index contributed by atoms with van der Waals surface area (Å²) >= 11 is 0. The van der Waals surface area contributed by atoms with Crippen molar-refractivity contribution in [1.82, 2.24) is 4.90 Å². The van der Waals surface area contributed by atoms with Crippen molar-refractivity contribution >= 4 is 17.5 Å². The van der Waals surface area contributed by atoms with Crippen LogP contribution in [0.3, 0.4) is 0 Å². The molecule has 2 N–H and O–H groups in total. The van der Waals surface area contributed by atoms with Crippen molar-refractivity contribution in [2.45, 2.75) is 26.4 Å². The molecule has 1 aliphatic rings. The summed E-state index contributed by atoms with van der Waals surface area (Å²) in [6, 6.07) is 5.56. The third-order valence-electron chi connectivity index (χ3n) is 3.59. The third kappa shape index (κ3) is 4.92. The Morgan fingerprint density at radius 1 is 1.21 bits per heavy atom. The minimum atomic E-state index is -0.480. The molecule has 1 saturated heterocycles. The number of rotatable bonds is 4. The van der Waals surface area contributed by atoms with E-state index in [9.17, 15) is 4.79 Å². The van der Waals surface area contributed by atoms with Crippen molar-refractivity contribution in [3.8, 4) is 5.75 Å². The van der Waals surface area contributed by atoms with E-state index in [2.05, 4.69) is 4.90 Å². The third-order valence-corrected chi connectivity index (χ3v) is 3.59. The number of amides is 1. The minimum absolute atomic E-state index is 0.161. The van der Waals surface area contributed by atoms with Crippen LogP contribution in [-0.2, 0) is 9.47 Å². The van der Waals surface area contributed by atoms with E-state index in [-0.39, 0.29) is 12.9 Å². The van der Waals surface area contributed by atoms with Gasteiger partial charge in [-0.2, -0.15) is 0 Å². The number of piperazine rings is 1. The summed E-state index contributed by atoms with van der Waals surface area (Å²) in [6.45, 7) is 8.37. The Labute approximate surface area is 143 Å². The standard InChI is InChI=1S/C17H27N3O4/c1-17(2,3)24-16(21)20-9-7-19(8-10-20)14-6-5-13(18)11-15(14)23-12-22-4/h5-6,11H,7-10,12,18H2,1-4H3. The summed E-state index contributed by atoms with van der Waals surface area (Å²) in [5.41, 5.74) is 6.95. The predicted molar refractivity (Wildman–Crippen MR) is 93.4 cm³/mol. The minimum Gasteiger partial charge on any atom is -0.465 e. The van der Waals surface area contributed by atoms with Crippen molar-refractivity contribution in [2.24, 2.45) is 0 Å². The number of methoxy groups -OCH3 is 1. The lowest BCUT2D eigenvalue weighted by Crippen LogP contribution is -2.50. The lowest BCUT2D eigenvalue weighted by atomic mass is 10.2. The largest absolute Gasteiger partial charge is 0.465 e. The highest BCUT2D eigenvalue weighted by atomic mass is 16.7. The second kappa shape index (κ2) is 7.61. The fourth-order valence-electron chi connectivity index (χ4n) is 2.49. The van der Waals surface area contributed by atoms with Gasteiger partial charge < -0.3 is 29.7 Å². The van der Waals surface area contributed by atoms with Crippen molar-refractivity contribution in [1.29, 1.82) is 0 Å². The maximum absolute atomic E-state index is 12.1. The molecule has 1 aliphatic heterocycles. The average molecular weight is 337 g/mol. The van der Waals surface area contributed by atoms with Gasteiger partial charge in [-0.15, -0.1) is 0 Å². The highest BCUT2D eigenvalue weighted by Gasteiger charge is 2.26. The van der Waals surface area contributed by atoms with Crippen LogP contribution < -0.4 is 15.4 Å². The number of nitrogens with two attached hydrogens (primary N) is 1. The van der Waals surface area contributed by atoms with E-state index < -0.39 is 5.60 Å². The monoisotopic (exact) mass is 337 g/mol. The fourth-order valence-corrected chi connectivity index (χ4v) is 2.49. The molecular weight excluding hydrogens is 310 g/mol. The molecule has 7 nitrogen and oxygen atoms in total. The Morgan fingerprint density at radius 3 is 2.46 bits per heavy atom. The van der Waals surface area contributed by atoms with Gasteiger partial charge in [0, 0.05) is 45.0 Å². The van der Waals surface area contributed by atoms with Gasteiger partial charge in [0.1, 0.15) is 11.4 Å². The molecule has 0 aromatic heterocycles. The molecular formula is C17H27N3O4. The zero-order valence-electron chi connectivity index (χ0n) is 14.9. The highest BCUT2D eigenvalue weighted by Crippen LogP contribution is 2.31. The van der Waals surface area contributed by atoms with Gasteiger partial charge in [0.05, 0.1) is 5.69 Å². The van der Waals surface area contributed by atoms with Crippen molar-refractivity contribution < 1.29 is 19.0 Å². The number of benzene rings is 1. The van der Waals surface area contributed by atoms with Crippen LogP contribution in [0.15, 0.2) is 18.2 Å². The number of carbonyl (C=O) groups is 1. The van der Waals surface area contributed by atoms with E-state index in [1.54, 1.807) is 18.1 Å². The molecule has 1 amide bonds. The van der Waals surface area contributed by atoms with Crippen molar-refractivity contribution in [3.05, 3.63) is 18.2 Å². The molecule has 0 radical (unpaired) electrons. The SMILES string of the molecule is COCOc1cc(N)ccc1N1CCN(C(=O)OC(C)(C)C)CC1. The fraction of sp³-hybridized carbons (Fsp3) is 0.588. The molecule has 1 fully saturated rings. The lowest BCUT2D eigenvalue weighted by molar-refractivity contribution is 0.0240. The number of nitrogen functional groups attached to an aromatic ring is 1. The summed E-state index contributed by atoms with van der Waals surface area (Å²) in [4.78, 5) is 16.0. The molecule has 7 heteroatoms. The van der Waals surface area contributed by atoms with Gasteiger partial charge in [-0.1, -0.05) is 0 Å². The van der Waals surface area contributed by atoms with E-state index in [1.807, 2.05) is 32.9 Å². The van der Waals surface area contributed by atoms with E-state index in [0.29, 0.717) is 37.6 Å². The van der Waals surface area contributed by atoms with Crippen LogP contribution in [0.1, 0.15) is 20.8 Å². The van der Waals surface area contributed by atoms with Crippen LogP contribution in [0.2, 0.25) is 0 Å². The molecule has 0 atom stereocenters. The molecule has 1 aromatic rings. The summed E-state index contributed by atoms with van der Waals surface area (Å²) in [5.74, 6) is 0.683. The first-order valence-electron chi connectivity index (χ1n) is 8.04. The van der Waals surface area contributed by atoms with E-state index in [4.69, 9.17) is 19.9 Å². The second-order valence-electron chi connectivity index (χ2n) is 6.73. The highest BCUT2D eigenvalue weighted by molar-refractivity contribution is 5.69. The molecule has 0 saturated carbocycles. The number of hydrogen-bond acceptors (Lipinski definition) is 6. The molecule has 0 unspecified atom stereocenters. The maximum atomic E-state index is 12.1. The smallest absolute Gasteiger partial charge is 0.410 e. The summed E-state index contributed by atoms with van der Waals surface area (Å²) in [5, 5.41) is 0. The first-order chi connectivity index (χ1) is 11.3. The van der Waals surface area contributed by atoms with Gasteiger partial charge in [-0.25, -0.2) is 4.79 Å².